The van der Waals surface area contributed by atoms with Crippen LogP contribution in [0, 0.1) is 0 Å². The molecule has 0 bridgehead atoms. The molecule has 20 heavy (non-hydrogen) atoms. The lowest BCUT2D eigenvalue weighted by molar-refractivity contribution is -0.138. The lowest BCUT2D eigenvalue weighted by Gasteiger charge is -2.29. The summed E-state index contributed by atoms with van der Waals surface area (Å²) in [5.41, 5.74) is 7.01. The number of hydrogen-bond donors (Lipinski definition) is 2. The molecule has 0 saturated heterocycles. The number of carboxylic acids is 1. The summed E-state index contributed by atoms with van der Waals surface area (Å²) in [6.45, 7) is 0. The van der Waals surface area contributed by atoms with Crippen molar-refractivity contribution in [1.82, 2.24) is 0 Å². The molecular formula is C15H14N2O2S. The Bertz CT molecular complexity index is 546. The van der Waals surface area contributed by atoms with Crippen molar-refractivity contribution in [2.75, 3.05) is 4.90 Å². The van der Waals surface area contributed by atoms with Gasteiger partial charge in [0.05, 0.1) is 0 Å². The third-order valence-electron chi connectivity index (χ3n) is 2.88. The van der Waals surface area contributed by atoms with E-state index in [1.807, 2.05) is 24.3 Å². The number of thiocarbonyl (C=S) groups is 1. The molecule has 0 amide bonds. The third kappa shape index (κ3) is 2.95. The summed E-state index contributed by atoms with van der Waals surface area (Å²) >= 11 is 5.03. The minimum Gasteiger partial charge on any atom is -0.479 e. The first-order valence-electron chi connectivity index (χ1n) is 6.02. The second-order valence-corrected chi connectivity index (χ2v) is 4.61. The van der Waals surface area contributed by atoms with E-state index in [1.54, 1.807) is 36.4 Å². The first-order chi connectivity index (χ1) is 9.61. The second-order valence-electron chi connectivity index (χ2n) is 4.20. The Morgan fingerprint density at radius 1 is 1.05 bits per heavy atom. The van der Waals surface area contributed by atoms with Crippen molar-refractivity contribution in [1.29, 1.82) is 0 Å². The van der Waals surface area contributed by atoms with Crippen LogP contribution in [0.25, 0.3) is 0 Å². The van der Waals surface area contributed by atoms with Gasteiger partial charge >= 0.3 is 5.97 Å². The van der Waals surface area contributed by atoms with Crippen LogP contribution in [-0.4, -0.2) is 16.2 Å². The summed E-state index contributed by atoms with van der Waals surface area (Å²) in [6, 6.07) is 17.0. The maximum atomic E-state index is 11.7. The maximum absolute atomic E-state index is 11.7. The van der Waals surface area contributed by atoms with E-state index in [9.17, 15) is 9.90 Å². The Balaban J connectivity index is 2.50. The number of aliphatic carboxylic acids is 1. The smallest absolute Gasteiger partial charge is 0.331 e. The van der Waals surface area contributed by atoms with E-state index in [4.69, 9.17) is 18.0 Å². The van der Waals surface area contributed by atoms with Crippen LogP contribution in [-0.2, 0) is 4.79 Å². The molecule has 2 aromatic rings. The quantitative estimate of drug-likeness (QED) is 0.846. The second kappa shape index (κ2) is 6.16. The number of para-hydroxylation sites is 1. The predicted octanol–water partition coefficient (Wildman–Crippen LogP) is 2.56. The Labute approximate surface area is 122 Å². The van der Waals surface area contributed by atoms with Crippen LogP contribution < -0.4 is 10.6 Å². The van der Waals surface area contributed by atoms with E-state index in [0.717, 1.165) is 0 Å². The molecule has 0 spiro atoms. The summed E-state index contributed by atoms with van der Waals surface area (Å²) in [4.78, 5) is 13.1. The van der Waals surface area contributed by atoms with E-state index in [0.29, 0.717) is 11.3 Å². The number of carbonyl (C=O) groups is 1. The van der Waals surface area contributed by atoms with Crippen LogP contribution in [0.5, 0.6) is 0 Å². The molecule has 0 aliphatic carbocycles. The summed E-state index contributed by atoms with van der Waals surface area (Å²) in [5, 5.41) is 9.57. The Morgan fingerprint density at radius 2 is 1.55 bits per heavy atom. The van der Waals surface area contributed by atoms with Gasteiger partial charge in [-0.1, -0.05) is 48.5 Å². The van der Waals surface area contributed by atoms with Gasteiger partial charge in [0.1, 0.15) is 0 Å². The van der Waals surface area contributed by atoms with E-state index in [1.165, 1.54) is 4.90 Å². The molecule has 0 aliphatic heterocycles. The highest BCUT2D eigenvalue weighted by Gasteiger charge is 2.29. The number of anilines is 1. The number of hydrogen-bond acceptors (Lipinski definition) is 2. The molecule has 0 heterocycles. The van der Waals surface area contributed by atoms with Gasteiger partial charge in [0.25, 0.3) is 0 Å². The minimum absolute atomic E-state index is 0.0208. The molecule has 0 saturated carbocycles. The van der Waals surface area contributed by atoms with E-state index < -0.39 is 12.0 Å². The van der Waals surface area contributed by atoms with E-state index >= 15 is 0 Å². The van der Waals surface area contributed by atoms with Gasteiger partial charge in [0, 0.05) is 5.69 Å². The normalized spacial score (nSPS) is 11.6. The molecule has 0 aromatic heterocycles. The summed E-state index contributed by atoms with van der Waals surface area (Å²) in [7, 11) is 0. The van der Waals surface area contributed by atoms with Crippen molar-refractivity contribution >= 4 is 29.0 Å². The van der Waals surface area contributed by atoms with Crippen molar-refractivity contribution in [2.24, 2.45) is 5.73 Å². The fourth-order valence-electron chi connectivity index (χ4n) is 2.03. The Hall–Kier alpha value is -2.40. The van der Waals surface area contributed by atoms with Gasteiger partial charge in [-0.3, -0.25) is 0 Å². The highest BCUT2D eigenvalue weighted by Crippen LogP contribution is 2.27. The van der Waals surface area contributed by atoms with Gasteiger partial charge in [-0.2, -0.15) is 0 Å². The average Bonchev–Trinajstić information content (AvgIpc) is 2.45. The number of nitrogens with zero attached hydrogens (tertiary/aromatic N) is 1. The van der Waals surface area contributed by atoms with Crippen molar-refractivity contribution in [3.05, 3.63) is 66.2 Å². The largest absolute Gasteiger partial charge is 0.479 e. The van der Waals surface area contributed by atoms with Crippen LogP contribution in [0.15, 0.2) is 60.7 Å². The van der Waals surface area contributed by atoms with E-state index in [-0.39, 0.29) is 5.11 Å². The molecular weight excluding hydrogens is 272 g/mol. The SMILES string of the molecule is NC(=S)N(c1ccccc1)C(C(=O)O)c1ccccc1. The molecule has 2 aromatic carbocycles. The molecule has 102 valence electrons. The standard InChI is InChI=1S/C15H14N2O2S/c16-15(20)17(12-9-5-2-6-10-12)13(14(18)19)11-7-3-1-4-8-11/h1-10,13H,(H2,16,20)(H,18,19). The van der Waals surface area contributed by atoms with Crippen molar-refractivity contribution in [3.63, 3.8) is 0 Å². The molecule has 1 atom stereocenters. The summed E-state index contributed by atoms with van der Waals surface area (Å²) < 4.78 is 0. The summed E-state index contributed by atoms with van der Waals surface area (Å²) in [5.74, 6) is -1.01. The van der Waals surface area contributed by atoms with Gasteiger partial charge in [-0.05, 0) is 29.9 Å². The predicted molar refractivity (Wildman–Crippen MR) is 82.5 cm³/mol. The molecule has 0 radical (unpaired) electrons. The van der Waals surface area contributed by atoms with Gasteiger partial charge in [-0.15, -0.1) is 0 Å². The average molecular weight is 286 g/mol. The molecule has 5 heteroatoms. The van der Waals surface area contributed by atoms with Crippen molar-refractivity contribution < 1.29 is 9.90 Å². The molecule has 4 nitrogen and oxygen atoms in total. The molecule has 3 N–H and O–H groups in total. The van der Waals surface area contributed by atoms with Crippen LogP contribution in [0.3, 0.4) is 0 Å². The zero-order valence-corrected chi connectivity index (χ0v) is 11.5. The first-order valence-corrected chi connectivity index (χ1v) is 6.43. The van der Waals surface area contributed by atoms with Gasteiger partial charge in [-0.25, -0.2) is 4.79 Å². The number of rotatable bonds is 4. The highest BCUT2D eigenvalue weighted by atomic mass is 32.1. The topological polar surface area (TPSA) is 66.6 Å². The van der Waals surface area contributed by atoms with Gasteiger partial charge in [0.2, 0.25) is 0 Å². The summed E-state index contributed by atoms with van der Waals surface area (Å²) in [6.07, 6.45) is 0. The monoisotopic (exact) mass is 286 g/mol. The number of benzene rings is 2. The fourth-order valence-corrected chi connectivity index (χ4v) is 2.24. The molecule has 0 aliphatic rings. The Kier molecular flexibility index (Phi) is 4.32. The Morgan fingerprint density at radius 3 is 2.00 bits per heavy atom. The lowest BCUT2D eigenvalue weighted by Crippen LogP contribution is -2.42. The molecule has 2 rings (SSSR count). The zero-order valence-electron chi connectivity index (χ0n) is 10.6. The van der Waals surface area contributed by atoms with Crippen LogP contribution >= 0.6 is 12.2 Å². The van der Waals surface area contributed by atoms with E-state index in [2.05, 4.69) is 0 Å². The highest BCUT2D eigenvalue weighted by molar-refractivity contribution is 7.80. The maximum Gasteiger partial charge on any atom is 0.331 e. The number of carboxylic acid groups (broad SMARTS) is 1. The van der Waals surface area contributed by atoms with Crippen LogP contribution in [0.4, 0.5) is 5.69 Å². The zero-order chi connectivity index (χ0) is 14.5. The van der Waals surface area contributed by atoms with Crippen molar-refractivity contribution in [2.45, 2.75) is 6.04 Å². The minimum atomic E-state index is -1.01. The molecule has 0 fully saturated rings. The van der Waals surface area contributed by atoms with Crippen LogP contribution in [0.1, 0.15) is 11.6 Å². The van der Waals surface area contributed by atoms with Gasteiger partial charge in [0.15, 0.2) is 11.2 Å². The van der Waals surface area contributed by atoms with Gasteiger partial charge < -0.3 is 15.7 Å². The van der Waals surface area contributed by atoms with Crippen LogP contribution in [0.2, 0.25) is 0 Å². The van der Waals surface area contributed by atoms with Crippen molar-refractivity contribution in [3.8, 4) is 0 Å². The fraction of sp³-hybridized carbons (Fsp3) is 0.0667. The molecule has 1 unspecified atom stereocenters. The number of nitrogens with two attached hydrogens (primary N) is 1. The first kappa shape index (κ1) is 14.0. The third-order valence-corrected chi connectivity index (χ3v) is 3.08. The lowest BCUT2D eigenvalue weighted by atomic mass is 10.0.